The molecule has 3 rings (SSSR count). The second-order valence-corrected chi connectivity index (χ2v) is 5.82. The summed E-state index contributed by atoms with van der Waals surface area (Å²) in [5, 5.41) is 19.2. The number of hydrogen-bond acceptors (Lipinski definition) is 7. The van der Waals surface area contributed by atoms with E-state index in [9.17, 15) is 14.9 Å². The molecule has 132 valence electrons. The summed E-state index contributed by atoms with van der Waals surface area (Å²) in [6, 6.07) is 10.5. The molecule has 0 aliphatic heterocycles. The standard InChI is InChI=1S/C16H9Cl2N3O5/c17-9-5-6-11(13(7-9)21(23)24)16(22)25-8-14-19-20-15(26-14)10-3-1-2-4-12(10)18/h1-7H,8H2. The number of nitrogens with zero attached hydrogens (tertiary/aromatic N) is 3. The highest BCUT2D eigenvalue weighted by molar-refractivity contribution is 6.33. The normalized spacial score (nSPS) is 10.5. The van der Waals surface area contributed by atoms with Gasteiger partial charge in [-0.2, -0.15) is 0 Å². The first-order valence-corrected chi connectivity index (χ1v) is 7.89. The van der Waals surface area contributed by atoms with Crippen LogP contribution in [-0.2, 0) is 11.3 Å². The zero-order valence-electron chi connectivity index (χ0n) is 12.9. The molecule has 0 saturated carbocycles. The Labute approximate surface area is 156 Å². The van der Waals surface area contributed by atoms with Crippen LogP contribution in [0.3, 0.4) is 0 Å². The van der Waals surface area contributed by atoms with Crippen molar-refractivity contribution in [3.8, 4) is 11.5 Å². The lowest BCUT2D eigenvalue weighted by Crippen LogP contribution is -2.08. The van der Waals surface area contributed by atoms with E-state index >= 15 is 0 Å². The molecule has 8 nitrogen and oxygen atoms in total. The van der Waals surface area contributed by atoms with E-state index < -0.39 is 16.6 Å². The number of halogens is 2. The number of nitro groups is 1. The summed E-state index contributed by atoms with van der Waals surface area (Å²) in [6.45, 7) is -0.351. The van der Waals surface area contributed by atoms with Gasteiger partial charge in [0, 0.05) is 11.1 Å². The largest absolute Gasteiger partial charge is 0.452 e. The number of hydrogen-bond donors (Lipinski definition) is 0. The van der Waals surface area contributed by atoms with Crippen LogP contribution in [-0.4, -0.2) is 21.1 Å². The number of esters is 1. The van der Waals surface area contributed by atoms with Crippen LogP contribution in [0.1, 0.15) is 16.2 Å². The van der Waals surface area contributed by atoms with Gasteiger partial charge in [0.1, 0.15) is 5.56 Å². The summed E-state index contributed by atoms with van der Waals surface area (Å²) in [5.74, 6) is -0.727. The summed E-state index contributed by atoms with van der Waals surface area (Å²) >= 11 is 11.8. The molecule has 0 spiro atoms. The Bertz CT molecular complexity index is 990. The van der Waals surface area contributed by atoms with Crippen LogP contribution < -0.4 is 0 Å². The van der Waals surface area contributed by atoms with Crippen LogP contribution in [0.2, 0.25) is 10.0 Å². The molecule has 0 amide bonds. The van der Waals surface area contributed by atoms with Gasteiger partial charge in [0.15, 0.2) is 6.61 Å². The lowest BCUT2D eigenvalue weighted by atomic mass is 10.2. The molecule has 0 aliphatic rings. The summed E-state index contributed by atoms with van der Waals surface area (Å²) < 4.78 is 10.4. The summed E-state index contributed by atoms with van der Waals surface area (Å²) in [5.41, 5.74) is -0.150. The first kappa shape index (κ1) is 17.8. The van der Waals surface area contributed by atoms with Crippen LogP contribution in [0.15, 0.2) is 46.9 Å². The van der Waals surface area contributed by atoms with Crippen molar-refractivity contribution in [3.63, 3.8) is 0 Å². The fraction of sp³-hybridized carbons (Fsp3) is 0.0625. The maximum Gasteiger partial charge on any atom is 0.345 e. The van der Waals surface area contributed by atoms with Crippen molar-refractivity contribution < 1.29 is 18.9 Å². The van der Waals surface area contributed by atoms with Gasteiger partial charge in [0.25, 0.3) is 11.6 Å². The van der Waals surface area contributed by atoms with Crippen molar-refractivity contribution in [1.82, 2.24) is 10.2 Å². The van der Waals surface area contributed by atoms with E-state index in [-0.39, 0.29) is 29.0 Å². The van der Waals surface area contributed by atoms with Crippen LogP contribution in [0.25, 0.3) is 11.5 Å². The predicted molar refractivity (Wildman–Crippen MR) is 92.0 cm³/mol. The Morgan fingerprint density at radius 2 is 1.96 bits per heavy atom. The lowest BCUT2D eigenvalue weighted by Gasteiger charge is -2.03. The molecule has 2 aromatic carbocycles. The molecule has 1 heterocycles. The first-order chi connectivity index (χ1) is 12.5. The Hall–Kier alpha value is -2.97. The predicted octanol–water partition coefficient (Wildman–Crippen LogP) is 4.31. The van der Waals surface area contributed by atoms with E-state index in [1.807, 2.05) is 0 Å². The summed E-state index contributed by atoms with van der Waals surface area (Å²) in [7, 11) is 0. The van der Waals surface area contributed by atoms with Gasteiger partial charge in [-0.3, -0.25) is 10.1 Å². The summed E-state index contributed by atoms with van der Waals surface area (Å²) in [4.78, 5) is 22.4. The van der Waals surface area contributed by atoms with Gasteiger partial charge in [-0.1, -0.05) is 35.3 Å². The Morgan fingerprint density at radius 1 is 1.19 bits per heavy atom. The molecular formula is C16H9Cl2N3O5. The number of carbonyl (C=O) groups excluding carboxylic acids is 1. The number of benzene rings is 2. The average Bonchev–Trinajstić information content (AvgIpc) is 3.08. The Kier molecular flexibility index (Phi) is 5.15. The quantitative estimate of drug-likeness (QED) is 0.360. The zero-order chi connectivity index (χ0) is 18.7. The molecule has 1 aromatic heterocycles. The molecule has 0 atom stereocenters. The molecule has 0 bridgehead atoms. The van der Waals surface area contributed by atoms with Gasteiger partial charge in [-0.15, -0.1) is 10.2 Å². The highest BCUT2D eigenvalue weighted by atomic mass is 35.5. The Balaban J connectivity index is 1.73. The van der Waals surface area contributed by atoms with Crippen LogP contribution in [0.4, 0.5) is 5.69 Å². The minimum Gasteiger partial charge on any atom is -0.452 e. The second kappa shape index (κ2) is 7.51. The smallest absolute Gasteiger partial charge is 0.345 e. The molecule has 0 unspecified atom stereocenters. The van der Waals surface area contributed by atoms with Gasteiger partial charge < -0.3 is 9.15 Å². The van der Waals surface area contributed by atoms with Gasteiger partial charge in [0.05, 0.1) is 15.5 Å². The zero-order valence-corrected chi connectivity index (χ0v) is 14.4. The number of rotatable bonds is 5. The molecule has 3 aromatic rings. The van der Waals surface area contributed by atoms with E-state index in [4.69, 9.17) is 32.4 Å². The van der Waals surface area contributed by atoms with Crippen molar-refractivity contribution in [3.05, 3.63) is 74.1 Å². The van der Waals surface area contributed by atoms with Crippen molar-refractivity contribution in [1.29, 1.82) is 0 Å². The molecule has 0 fully saturated rings. The number of aromatic nitrogens is 2. The molecule has 26 heavy (non-hydrogen) atoms. The SMILES string of the molecule is O=C(OCc1nnc(-c2ccccc2Cl)o1)c1ccc(Cl)cc1[N+](=O)[O-]. The molecular weight excluding hydrogens is 385 g/mol. The number of carbonyl (C=O) groups is 1. The van der Waals surface area contributed by atoms with Crippen LogP contribution in [0.5, 0.6) is 0 Å². The number of nitro benzene ring substituents is 1. The third kappa shape index (κ3) is 3.81. The lowest BCUT2D eigenvalue weighted by molar-refractivity contribution is -0.385. The topological polar surface area (TPSA) is 108 Å². The second-order valence-electron chi connectivity index (χ2n) is 4.98. The maximum absolute atomic E-state index is 12.1. The molecule has 0 aliphatic carbocycles. The van der Waals surface area contributed by atoms with Crippen LogP contribution in [0, 0.1) is 10.1 Å². The van der Waals surface area contributed by atoms with E-state index in [1.165, 1.54) is 12.1 Å². The van der Waals surface area contributed by atoms with Gasteiger partial charge in [0.2, 0.25) is 5.89 Å². The molecule has 0 radical (unpaired) electrons. The average molecular weight is 394 g/mol. The molecule has 10 heteroatoms. The summed E-state index contributed by atoms with van der Waals surface area (Å²) in [6.07, 6.45) is 0. The van der Waals surface area contributed by atoms with E-state index in [2.05, 4.69) is 10.2 Å². The minimum absolute atomic E-state index is 0.0184. The first-order valence-electron chi connectivity index (χ1n) is 7.14. The third-order valence-corrected chi connectivity index (χ3v) is 3.84. The molecule has 0 saturated heterocycles. The minimum atomic E-state index is -0.911. The monoisotopic (exact) mass is 393 g/mol. The number of ether oxygens (including phenoxy) is 1. The van der Waals surface area contributed by atoms with Crippen molar-refractivity contribution >= 4 is 34.9 Å². The highest BCUT2D eigenvalue weighted by Gasteiger charge is 2.22. The molecule has 0 N–H and O–H groups in total. The highest BCUT2D eigenvalue weighted by Crippen LogP contribution is 2.27. The van der Waals surface area contributed by atoms with Crippen molar-refractivity contribution in [2.24, 2.45) is 0 Å². The third-order valence-electron chi connectivity index (χ3n) is 3.27. The van der Waals surface area contributed by atoms with Gasteiger partial charge >= 0.3 is 5.97 Å². The fourth-order valence-electron chi connectivity index (χ4n) is 2.09. The van der Waals surface area contributed by atoms with E-state index in [1.54, 1.807) is 24.3 Å². The maximum atomic E-state index is 12.1. The van der Waals surface area contributed by atoms with E-state index in [0.29, 0.717) is 10.6 Å². The Morgan fingerprint density at radius 3 is 2.69 bits per heavy atom. The van der Waals surface area contributed by atoms with E-state index in [0.717, 1.165) is 6.07 Å². The fourth-order valence-corrected chi connectivity index (χ4v) is 2.47. The van der Waals surface area contributed by atoms with Crippen molar-refractivity contribution in [2.75, 3.05) is 0 Å². The van der Waals surface area contributed by atoms with Gasteiger partial charge in [-0.25, -0.2) is 4.79 Å². The van der Waals surface area contributed by atoms with Gasteiger partial charge in [-0.05, 0) is 24.3 Å². The van der Waals surface area contributed by atoms with Crippen molar-refractivity contribution in [2.45, 2.75) is 6.61 Å². The van der Waals surface area contributed by atoms with Crippen LogP contribution >= 0.6 is 23.2 Å².